The molecule has 3 rings (SSSR count). The van der Waals surface area contributed by atoms with Crippen molar-refractivity contribution in [1.29, 1.82) is 0 Å². The minimum Gasteiger partial charge on any atom is -0.396 e. The highest BCUT2D eigenvalue weighted by Gasteiger charge is 2.34. The van der Waals surface area contributed by atoms with Crippen molar-refractivity contribution in [3.8, 4) is 0 Å². The lowest BCUT2D eigenvalue weighted by molar-refractivity contribution is 0.0725. The summed E-state index contributed by atoms with van der Waals surface area (Å²) in [6.45, 7) is 0.447. The third-order valence-corrected chi connectivity index (χ3v) is 3.40. The zero-order valence-electron chi connectivity index (χ0n) is 10.8. The van der Waals surface area contributed by atoms with Crippen molar-refractivity contribution in [2.45, 2.75) is 25.4 Å². The molecule has 0 saturated heterocycles. The summed E-state index contributed by atoms with van der Waals surface area (Å²) in [6, 6.07) is 6.41. The van der Waals surface area contributed by atoms with Gasteiger partial charge in [0.15, 0.2) is 0 Å². The lowest BCUT2D eigenvalue weighted by Gasteiger charge is -2.22. The summed E-state index contributed by atoms with van der Waals surface area (Å²) in [5.41, 5.74) is 7.28. The van der Waals surface area contributed by atoms with E-state index < -0.39 is 0 Å². The maximum Gasteiger partial charge on any atom is 0.274 e. The van der Waals surface area contributed by atoms with E-state index in [1.807, 2.05) is 0 Å². The van der Waals surface area contributed by atoms with Gasteiger partial charge in [-0.1, -0.05) is 12.1 Å². The molecule has 1 heterocycles. The number of nitrogen functional groups attached to an aromatic ring is 1. The number of hydrogen-bond donors (Lipinski definition) is 2. The van der Waals surface area contributed by atoms with Crippen LogP contribution in [0.25, 0.3) is 0 Å². The molecular formula is C14H15FN4O. The van der Waals surface area contributed by atoms with Gasteiger partial charge >= 0.3 is 0 Å². The van der Waals surface area contributed by atoms with Crippen LogP contribution in [0, 0.1) is 5.82 Å². The van der Waals surface area contributed by atoms with Crippen LogP contribution >= 0.6 is 0 Å². The largest absolute Gasteiger partial charge is 0.396 e. The number of nitrogens with one attached hydrogen (secondary N) is 1. The molecule has 3 N–H and O–H groups in total. The maximum absolute atomic E-state index is 12.9. The number of rotatable bonds is 4. The third kappa shape index (κ3) is 2.49. The Morgan fingerprint density at radius 1 is 1.40 bits per heavy atom. The van der Waals surface area contributed by atoms with E-state index in [1.165, 1.54) is 18.3 Å². The molecule has 0 bridgehead atoms. The van der Waals surface area contributed by atoms with Gasteiger partial charge in [-0.3, -0.25) is 9.89 Å². The van der Waals surface area contributed by atoms with E-state index in [0.29, 0.717) is 17.9 Å². The highest BCUT2D eigenvalue weighted by Crippen LogP contribution is 2.30. The molecule has 104 valence electrons. The van der Waals surface area contributed by atoms with Gasteiger partial charge in [0.1, 0.15) is 11.5 Å². The van der Waals surface area contributed by atoms with Crippen LogP contribution in [0.15, 0.2) is 30.5 Å². The monoisotopic (exact) mass is 274 g/mol. The fourth-order valence-electron chi connectivity index (χ4n) is 2.15. The number of carbonyl (C=O) groups is 1. The topological polar surface area (TPSA) is 75.0 Å². The van der Waals surface area contributed by atoms with Gasteiger partial charge in [0.2, 0.25) is 0 Å². The maximum atomic E-state index is 12.9. The average molecular weight is 274 g/mol. The molecule has 1 aliphatic carbocycles. The van der Waals surface area contributed by atoms with Crippen LogP contribution in [-0.2, 0) is 6.54 Å². The molecule has 20 heavy (non-hydrogen) atoms. The number of hydrogen-bond acceptors (Lipinski definition) is 3. The molecule has 1 aromatic heterocycles. The van der Waals surface area contributed by atoms with Crippen LogP contribution in [0.2, 0.25) is 0 Å². The van der Waals surface area contributed by atoms with Gasteiger partial charge in [-0.25, -0.2) is 4.39 Å². The third-order valence-electron chi connectivity index (χ3n) is 3.40. The Bertz CT molecular complexity index is 618. The van der Waals surface area contributed by atoms with Crippen molar-refractivity contribution in [2.75, 3.05) is 5.73 Å². The summed E-state index contributed by atoms with van der Waals surface area (Å²) in [5, 5.41) is 6.41. The van der Waals surface area contributed by atoms with Gasteiger partial charge in [0, 0.05) is 12.6 Å². The van der Waals surface area contributed by atoms with Gasteiger partial charge < -0.3 is 10.6 Å². The fraction of sp³-hybridized carbons (Fsp3) is 0.286. The Morgan fingerprint density at radius 3 is 2.65 bits per heavy atom. The number of aromatic nitrogens is 2. The predicted octanol–water partition coefficient (Wildman–Crippen LogP) is 1.94. The Morgan fingerprint density at radius 2 is 2.10 bits per heavy atom. The Labute approximate surface area is 115 Å². The zero-order valence-corrected chi connectivity index (χ0v) is 10.8. The molecule has 6 heteroatoms. The van der Waals surface area contributed by atoms with Crippen molar-refractivity contribution in [3.63, 3.8) is 0 Å². The molecule has 1 aliphatic rings. The second-order valence-electron chi connectivity index (χ2n) is 4.99. The first-order chi connectivity index (χ1) is 9.65. The summed E-state index contributed by atoms with van der Waals surface area (Å²) < 4.78 is 12.9. The van der Waals surface area contributed by atoms with Gasteiger partial charge in [-0.15, -0.1) is 0 Å². The lowest BCUT2D eigenvalue weighted by atomic mass is 10.2. The predicted molar refractivity (Wildman–Crippen MR) is 72.3 cm³/mol. The van der Waals surface area contributed by atoms with Crippen molar-refractivity contribution in [2.24, 2.45) is 0 Å². The summed E-state index contributed by atoms with van der Waals surface area (Å²) in [6.07, 6.45) is 3.40. The summed E-state index contributed by atoms with van der Waals surface area (Å²) in [4.78, 5) is 14.2. The highest BCUT2D eigenvalue weighted by molar-refractivity contribution is 5.97. The van der Waals surface area contributed by atoms with Crippen LogP contribution in [0.5, 0.6) is 0 Å². The molecule has 0 aliphatic heterocycles. The molecule has 1 amide bonds. The number of aromatic amines is 1. The summed E-state index contributed by atoms with van der Waals surface area (Å²) in [7, 11) is 0. The smallest absolute Gasteiger partial charge is 0.274 e. The number of carbonyl (C=O) groups excluding carboxylic acids is 1. The minimum atomic E-state index is -0.282. The first-order valence-electron chi connectivity index (χ1n) is 6.49. The van der Waals surface area contributed by atoms with Gasteiger partial charge in [-0.05, 0) is 30.5 Å². The standard InChI is InChI=1S/C14H15FN4O/c15-10-3-1-9(2-4-10)8-19(11-5-6-11)14(20)13-12(16)7-17-18-13/h1-4,7,11H,5-6,8,16H2,(H,17,18). The molecule has 0 unspecified atom stereocenters. The first kappa shape index (κ1) is 12.7. The molecule has 0 atom stereocenters. The quantitative estimate of drug-likeness (QED) is 0.894. The van der Waals surface area contributed by atoms with E-state index in [0.717, 1.165) is 18.4 Å². The van der Waals surface area contributed by atoms with Gasteiger partial charge in [0.25, 0.3) is 5.91 Å². The molecule has 2 aromatic rings. The van der Waals surface area contributed by atoms with E-state index in [1.54, 1.807) is 17.0 Å². The minimum absolute atomic E-state index is 0.160. The Kier molecular flexibility index (Phi) is 3.14. The molecule has 5 nitrogen and oxygen atoms in total. The molecule has 0 radical (unpaired) electrons. The number of nitrogens with zero attached hydrogens (tertiary/aromatic N) is 2. The summed E-state index contributed by atoms with van der Waals surface area (Å²) >= 11 is 0. The molecule has 0 spiro atoms. The van der Waals surface area contributed by atoms with Crippen LogP contribution in [0.1, 0.15) is 28.9 Å². The van der Waals surface area contributed by atoms with Gasteiger partial charge in [0.05, 0.1) is 11.9 Å². The van der Waals surface area contributed by atoms with Crippen molar-refractivity contribution in [1.82, 2.24) is 15.1 Å². The number of halogens is 1. The second kappa shape index (κ2) is 4.96. The molecule has 1 aromatic carbocycles. The van der Waals surface area contributed by atoms with Crippen molar-refractivity contribution in [3.05, 3.63) is 47.5 Å². The van der Waals surface area contributed by atoms with Crippen LogP contribution < -0.4 is 5.73 Å². The highest BCUT2D eigenvalue weighted by atomic mass is 19.1. The van der Waals surface area contributed by atoms with Crippen molar-refractivity contribution < 1.29 is 9.18 Å². The summed E-state index contributed by atoms with van der Waals surface area (Å²) in [5.74, 6) is -0.442. The molecular weight excluding hydrogens is 259 g/mol. The normalized spacial score (nSPS) is 14.2. The Balaban J connectivity index is 1.81. The van der Waals surface area contributed by atoms with Crippen LogP contribution in [0.3, 0.4) is 0 Å². The number of nitrogens with two attached hydrogens (primary N) is 1. The SMILES string of the molecule is Nc1cn[nH]c1C(=O)N(Cc1ccc(F)cc1)C1CC1. The van der Waals surface area contributed by atoms with E-state index >= 15 is 0 Å². The average Bonchev–Trinajstić information content (AvgIpc) is 3.19. The zero-order chi connectivity index (χ0) is 14.1. The molecule has 1 fully saturated rings. The van der Waals surface area contributed by atoms with Crippen LogP contribution in [-0.4, -0.2) is 27.0 Å². The van der Waals surface area contributed by atoms with E-state index in [-0.39, 0.29) is 17.8 Å². The van der Waals surface area contributed by atoms with E-state index in [2.05, 4.69) is 10.2 Å². The first-order valence-corrected chi connectivity index (χ1v) is 6.49. The van der Waals surface area contributed by atoms with Crippen LogP contribution in [0.4, 0.5) is 10.1 Å². The number of H-pyrrole nitrogens is 1. The van der Waals surface area contributed by atoms with Crippen molar-refractivity contribution >= 4 is 11.6 Å². The molecule has 1 saturated carbocycles. The number of benzene rings is 1. The van der Waals surface area contributed by atoms with E-state index in [9.17, 15) is 9.18 Å². The lowest BCUT2D eigenvalue weighted by Crippen LogP contribution is -2.33. The Hall–Kier alpha value is -2.37. The number of amides is 1. The second-order valence-corrected chi connectivity index (χ2v) is 4.99. The number of anilines is 1. The van der Waals surface area contributed by atoms with E-state index in [4.69, 9.17) is 5.73 Å². The van der Waals surface area contributed by atoms with Gasteiger partial charge in [-0.2, -0.15) is 5.10 Å². The fourth-order valence-corrected chi connectivity index (χ4v) is 2.15.